The highest BCUT2D eigenvalue weighted by atomic mass is 19.1. The predicted molar refractivity (Wildman–Crippen MR) is 178 cm³/mol. The second kappa shape index (κ2) is 15.1. The Morgan fingerprint density at radius 1 is 0.979 bits per heavy atom. The molecule has 5 aromatic rings. The van der Waals surface area contributed by atoms with Gasteiger partial charge < -0.3 is 24.3 Å². The number of morpholine rings is 1. The van der Waals surface area contributed by atoms with Crippen molar-refractivity contribution in [3.63, 3.8) is 0 Å². The van der Waals surface area contributed by atoms with E-state index in [1.54, 1.807) is 38.4 Å². The Kier molecular flexibility index (Phi) is 10.2. The summed E-state index contributed by atoms with van der Waals surface area (Å²) < 4.78 is 39.6. The van der Waals surface area contributed by atoms with E-state index in [9.17, 15) is 9.59 Å². The number of hydrogen-bond acceptors (Lipinski definition) is 9. The molecule has 248 valence electrons. The summed E-state index contributed by atoms with van der Waals surface area (Å²) in [4.78, 5) is 32.6. The Hall–Kier alpha value is -5.33. The van der Waals surface area contributed by atoms with Gasteiger partial charge in [-0.05, 0) is 48.7 Å². The Labute approximate surface area is 276 Å². The summed E-state index contributed by atoms with van der Waals surface area (Å²) in [5.74, 6) is 0.148. The molecule has 48 heavy (non-hydrogen) atoms. The van der Waals surface area contributed by atoms with Crippen molar-refractivity contribution in [2.75, 3.05) is 46.6 Å². The summed E-state index contributed by atoms with van der Waals surface area (Å²) in [6.07, 6.45) is 2.42. The maximum atomic E-state index is 15.5. The zero-order valence-corrected chi connectivity index (χ0v) is 26.8. The maximum absolute atomic E-state index is 15.5. The number of pyridine rings is 1. The maximum Gasteiger partial charge on any atom is 0.272 e. The van der Waals surface area contributed by atoms with Crippen molar-refractivity contribution in [1.29, 1.82) is 0 Å². The minimum absolute atomic E-state index is 0.0592. The van der Waals surface area contributed by atoms with Crippen LogP contribution in [0.3, 0.4) is 0 Å². The molecule has 1 aliphatic heterocycles. The second-order valence-electron chi connectivity index (χ2n) is 11.3. The van der Waals surface area contributed by atoms with Crippen molar-refractivity contribution >= 4 is 16.8 Å². The van der Waals surface area contributed by atoms with Gasteiger partial charge in [-0.3, -0.25) is 19.5 Å². The lowest BCUT2D eigenvalue weighted by Crippen LogP contribution is -2.37. The molecule has 3 heterocycles. The average Bonchev–Trinajstić information content (AvgIpc) is 3.10. The summed E-state index contributed by atoms with van der Waals surface area (Å²) in [5, 5.41) is 7.68. The average molecular weight is 654 g/mol. The van der Waals surface area contributed by atoms with Crippen LogP contribution in [0.25, 0.3) is 16.6 Å². The Morgan fingerprint density at radius 3 is 2.56 bits per heavy atom. The van der Waals surface area contributed by atoms with Crippen LogP contribution in [-0.2, 0) is 11.3 Å². The van der Waals surface area contributed by atoms with E-state index in [-0.39, 0.29) is 17.1 Å². The van der Waals surface area contributed by atoms with Crippen LogP contribution in [0.2, 0.25) is 0 Å². The number of carbonyl (C=O) groups excluding carboxylic acids is 1. The SMILES string of the molecule is COc1cc2c(Oc3ccc(-n4nc(C(=O)NCc5ccccc5)c(C)cc4=O)cc3F)ccnc2cc1OCCCN1CCOCC1. The number of aromatic nitrogens is 3. The molecule has 2 aromatic heterocycles. The quantitative estimate of drug-likeness (QED) is 0.185. The smallest absolute Gasteiger partial charge is 0.272 e. The molecule has 0 radical (unpaired) electrons. The Bertz CT molecular complexity index is 1960. The first-order valence-electron chi connectivity index (χ1n) is 15.7. The first-order valence-corrected chi connectivity index (χ1v) is 15.7. The Morgan fingerprint density at radius 2 is 1.79 bits per heavy atom. The van der Waals surface area contributed by atoms with Gasteiger partial charge in [0.15, 0.2) is 28.8 Å². The van der Waals surface area contributed by atoms with E-state index in [1.165, 1.54) is 18.2 Å². The number of nitrogens with one attached hydrogen (secondary N) is 1. The monoisotopic (exact) mass is 653 g/mol. The third-order valence-corrected chi connectivity index (χ3v) is 7.98. The van der Waals surface area contributed by atoms with Crippen LogP contribution < -0.4 is 25.1 Å². The number of methoxy groups -OCH3 is 1. The topological polar surface area (TPSA) is 117 Å². The summed E-state index contributed by atoms with van der Waals surface area (Å²) in [6, 6.07) is 19.9. The van der Waals surface area contributed by atoms with E-state index in [4.69, 9.17) is 18.9 Å². The van der Waals surface area contributed by atoms with Gasteiger partial charge in [0.25, 0.3) is 11.5 Å². The molecule has 1 aliphatic rings. The highest BCUT2D eigenvalue weighted by Crippen LogP contribution is 2.37. The molecule has 11 nitrogen and oxygen atoms in total. The second-order valence-corrected chi connectivity index (χ2v) is 11.3. The minimum Gasteiger partial charge on any atom is -0.493 e. The van der Waals surface area contributed by atoms with E-state index >= 15 is 4.39 Å². The summed E-state index contributed by atoms with van der Waals surface area (Å²) in [6.45, 7) is 6.70. The van der Waals surface area contributed by atoms with E-state index in [2.05, 4.69) is 20.3 Å². The molecule has 0 aliphatic carbocycles. The number of ether oxygens (including phenoxy) is 4. The van der Waals surface area contributed by atoms with Gasteiger partial charge in [-0.25, -0.2) is 4.39 Å². The van der Waals surface area contributed by atoms with Gasteiger partial charge in [0.2, 0.25) is 0 Å². The number of halogens is 1. The summed E-state index contributed by atoms with van der Waals surface area (Å²) in [5.41, 5.74) is 1.60. The van der Waals surface area contributed by atoms with E-state index in [0.717, 1.165) is 55.6 Å². The van der Waals surface area contributed by atoms with Crippen LogP contribution >= 0.6 is 0 Å². The zero-order chi connectivity index (χ0) is 33.5. The number of benzene rings is 3. The van der Waals surface area contributed by atoms with Gasteiger partial charge in [-0.15, -0.1) is 0 Å². The molecule has 3 aromatic carbocycles. The van der Waals surface area contributed by atoms with Crippen LogP contribution in [0.4, 0.5) is 4.39 Å². The van der Waals surface area contributed by atoms with Crippen molar-refractivity contribution in [2.45, 2.75) is 19.9 Å². The van der Waals surface area contributed by atoms with Gasteiger partial charge in [0.05, 0.1) is 38.1 Å². The Balaban J connectivity index is 1.18. The highest BCUT2D eigenvalue weighted by Gasteiger charge is 2.18. The van der Waals surface area contributed by atoms with Crippen LogP contribution in [-0.4, -0.2) is 72.1 Å². The van der Waals surface area contributed by atoms with Gasteiger partial charge in [0.1, 0.15) is 5.75 Å². The molecule has 0 atom stereocenters. The fraction of sp³-hybridized carbons (Fsp3) is 0.278. The fourth-order valence-corrected chi connectivity index (χ4v) is 5.42. The molecule has 1 N–H and O–H groups in total. The number of aryl methyl sites for hydroxylation is 1. The van der Waals surface area contributed by atoms with Crippen molar-refractivity contribution in [3.8, 4) is 28.7 Å². The van der Waals surface area contributed by atoms with Crippen molar-refractivity contribution in [1.82, 2.24) is 25.0 Å². The van der Waals surface area contributed by atoms with Crippen molar-refractivity contribution in [2.24, 2.45) is 0 Å². The lowest BCUT2D eigenvalue weighted by Gasteiger charge is -2.26. The fourth-order valence-electron chi connectivity index (χ4n) is 5.42. The van der Waals surface area contributed by atoms with E-state index in [1.807, 2.05) is 30.3 Å². The highest BCUT2D eigenvalue weighted by molar-refractivity contribution is 5.93. The molecule has 0 spiro atoms. The summed E-state index contributed by atoms with van der Waals surface area (Å²) in [7, 11) is 1.55. The first-order chi connectivity index (χ1) is 23.4. The van der Waals surface area contributed by atoms with Crippen molar-refractivity contribution < 1.29 is 28.1 Å². The predicted octanol–water partition coefficient (Wildman–Crippen LogP) is 5.06. The largest absolute Gasteiger partial charge is 0.493 e. The molecule has 6 rings (SSSR count). The third-order valence-electron chi connectivity index (χ3n) is 7.98. The molecule has 1 amide bonds. The molecule has 1 fully saturated rings. The summed E-state index contributed by atoms with van der Waals surface area (Å²) >= 11 is 0. The normalized spacial score (nSPS) is 13.3. The zero-order valence-electron chi connectivity index (χ0n) is 26.8. The number of hydrogen-bond donors (Lipinski definition) is 1. The van der Waals surface area contributed by atoms with Gasteiger partial charge in [-0.1, -0.05) is 30.3 Å². The van der Waals surface area contributed by atoms with Crippen molar-refractivity contribution in [3.05, 3.63) is 112 Å². The number of carbonyl (C=O) groups is 1. The lowest BCUT2D eigenvalue weighted by atomic mass is 10.1. The minimum atomic E-state index is -0.728. The van der Waals surface area contributed by atoms with Crippen LogP contribution in [0.15, 0.2) is 83.8 Å². The standard InChI is InChI=1S/C36H36FN5O6/c1-24-19-34(43)42(40-35(24)36(44)39-23-25-7-4-3-5-8-25)26-9-10-31(28(37)20-26)48-30-11-12-38-29-22-33(32(45-2)21-27(29)30)47-16-6-13-41-14-17-46-18-15-41/h3-5,7-12,19-22H,6,13-18,23H2,1-2H3,(H,39,44). The number of nitrogens with zero attached hydrogens (tertiary/aromatic N) is 4. The number of fused-ring (bicyclic) bond motifs is 1. The molecular formula is C36H36FN5O6. The molecule has 0 unspecified atom stereocenters. The van der Waals surface area contributed by atoms with E-state index < -0.39 is 17.3 Å². The molecule has 0 bridgehead atoms. The number of amides is 1. The van der Waals surface area contributed by atoms with Gasteiger partial charge >= 0.3 is 0 Å². The van der Waals surface area contributed by atoms with Crippen LogP contribution in [0.5, 0.6) is 23.0 Å². The molecular weight excluding hydrogens is 617 g/mol. The third kappa shape index (κ3) is 7.62. The van der Waals surface area contributed by atoms with Gasteiger partial charge in [-0.2, -0.15) is 9.78 Å². The van der Waals surface area contributed by atoms with Crippen LogP contribution in [0, 0.1) is 12.7 Å². The van der Waals surface area contributed by atoms with E-state index in [0.29, 0.717) is 46.9 Å². The molecule has 1 saturated heterocycles. The first kappa shape index (κ1) is 32.6. The molecule has 0 saturated carbocycles. The van der Waals surface area contributed by atoms with Gasteiger partial charge in [0, 0.05) is 56.0 Å². The number of rotatable bonds is 12. The lowest BCUT2D eigenvalue weighted by molar-refractivity contribution is 0.0357. The van der Waals surface area contributed by atoms with Crippen LogP contribution in [0.1, 0.15) is 28.0 Å². The molecule has 12 heteroatoms.